The third-order valence-corrected chi connectivity index (χ3v) is 18.8. The normalized spacial score (nSPS) is 20.3. The zero-order chi connectivity index (χ0) is 58.0. The summed E-state index contributed by atoms with van der Waals surface area (Å²) in [5, 5.41) is 23.2. The molecule has 5 aliphatic rings. The molecule has 11 rings (SSSR count). The second-order valence-electron chi connectivity index (χ2n) is 23.4. The quantitative estimate of drug-likeness (QED) is 0.0220. The molecule has 21 heteroatoms. The third-order valence-electron chi connectivity index (χ3n) is 17.2. The first-order valence-electron chi connectivity index (χ1n) is 28.7. The zero-order valence-corrected chi connectivity index (χ0v) is 48.3. The highest BCUT2D eigenvalue weighted by atomic mass is 35.5. The lowest BCUT2D eigenvalue weighted by Gasteiger charge is -2.39. The lowest BCUT2D eigenvalue weighted by molar-refractivity contribution is -0.384. The Morgan fingerprint density at radius 3 is 2.49 bits per heavy atom. The maximum absolute atomic E-state index is 14.2. The monoisotopic (exact) mass is 1160 g/mol. The van der Waals surface area contributed by atoms with Crippen LogP contribution in [-0.4, -0.2) is 115 Å². The summed E-state index contributed by atoms with van der Waals surface area (Å²) in [5.74, 6) is -1.22. The van der Waals surface area contributed by atoms with Crippen molar-refractivity contribution in [2.45, 2.75) is 108 Å². The Morgan fingerprint density at radius 1 is 0.928 bits per heavy atom. The number of pyridine rings is 1. The van der Waals surface area contributed by atoms with Crippen molar-refractivity contribution in [3.05, 3.63) is 152 Å². The number of benzene rings is 4. The number of aryl methyl sites for hydroxylation is 1. The van der Waals surface area contributed by atoms with Gasteiger partial charge in [0.25, 0.3) is 27.5 Å². The van der Waals surface area contributed by atoms with E-state index in [4.69, 9.17) is 16.3 Å². The van der Waals surface area contributed by atoms with Gasteiger partial charge in [0.1, 0.15) is 28.9 Å². The molecule has 3 aliphatic heterocycles. The summed E-state index contributed by atoms with van der Waals surface area (Å²) in [6, 6.07) is 25.8. The van der Waals surface area contributed by atoms with E-state index in [2.05, 4.69) is 66.4 Å². The highest BCUT2D eigenvalue weighted by Gasteiger charge is 2.40. The molecule has 5 N–H and O–H groups in total. The van der Waals surface area contributed by atoms with E-state index in [1.54, 1.807) is 41.4 Å². The van der Waals surface area contributed by atoms with Crippen molar-refractivity contribution >= 4 is 78.9 Å². The summed E-state index contributed by atoms with van der Waals surface area (Å²) >= 11 is 6.27. The molecular formula is C62H69ClN10O9S. The van der Waals surface area contributed by atoms with Crippen LogP contribution in [0.15, 0.2) is 114 Å². The van der Waals surface area contributed by atoms with Crippen molar-refractivity contribution in [3.8, 4) is 11.5 Å². The number of carbonyl (C=O) groups excluding carboxylic acids is 4. The molecule has 4 amide bonds. The Balaban J connectivity index is 0.693. The molecule has 2 saturated heterocycles. The van der Waals surface area contributed by atoms with E-state index in [1.807, 2.05) is 30.3 Å². The van der Waals surface area contributed by atoms with E-state index >= 15 is 0 Å². The number of piperidine rings is 1. The van der Waals surface area contributed by atoms with Gasteiger partial charge < -0.3 is 30.2 Å². The van der Waals surface area contributed by atoms with Crippen LogP contribution in [0, 0.1) is 21.4 Å². The molecular weight excluding hydrogens is 1100 g/mol. The number of hydrogen-bond acceptors (Lipinski definition) is 14. The number of fused-ring (bicyclic) bond motifs is 2. The summed E-state index contributed by atoms with van der Waals surface area (Å²) < 4.78 is 36.5. The number of ether oxygens (including phenoxy) is 1. The summed E-state index contributed by atoms with van der Waals surface area (Å²) in [6.07, 6.45) is 12.2. The molecule has 2 aromatic heterocycles. The van der Waals surface area contributed by atoms with Crippen LogP contribution >= 0.6 is 11.6 Å². The van der Waals surface area contributed by atoms with E-state index in [-0.39, 0.29) is 46.6 Å². The number of allylic oxidation sites excluding steroid dienone is 1. The highest BCUT2D eigenvalue weighted by molar-refractivity contribution is 7.90. The maximum atomic E-state index is 14.2. The number of nitro benzene ring substituents is 1. The molecule has 6 aromatic rings. The number of nitro groups is 1. The van der Waals surface area contributed by atoms with Gasteiger partial charge in [0.2, 0.25) is 11.8 Å². The van der Waals surface area contributed by atoms with Gasteiger partial charge in [0.15, 0.2) is 0 Å². The lowest BCUT2D eigenvalue weighted by atomic mass is 9.72. The fourth-order valence-electron chi connectivity index (χ4n) is 12.5. The van der Waals surface area contributed by atoms with Crippen molar-refractivity contribution in [1.29, 1.82) is 0 Å². The summed E-state index contributed by atoms with van der Waals surface area (Å²) in [4.78, 5) is 76.9. The molecule has 4 aromatic carbocycles. The Labute approximate surface area is 487 Å². The summed E-state index contributed by atoms with van der Waals surface area (Å²) in [5.41, 5.74) is 8.03. The van der Waals surface area contributed by atoms with Gasteiger partial charge in [0, 0.05) is 98.3 Å². The number of hydrogen-bond donors (Lipinski definition) is 5. The number of nitrogens with one attached hydrogen (secondary N) is 5. The number of H-pyrrole nitrogens is 1. The molecule has 0 radical (unpaired) electrons. The second-order valence-corrected chi connectivity index (χ2v) is 25.6. The number of anilines is 2. The fraction of sp³-hybridized carbons (Fsp3) is 0.403. The van der Waals surface area contributed by atoms with Gasteiger partial charge in [-0.3, -0.25) is 39.5 Å². The molecule has 83 heavy (non-hydrogen) atoms. The molecule has 5 heterocycles. The Morgan fingerprint density at radius 2 is 1.72 bits per heavy atom. The first-order valence-corrected chi connectivity index (χ1v) is 30.6. The zero-order valence-electron chi connectivity index (χ0n) is 46.7. The van der Waals surface area contributed by atoms with E-state index in [1.165, 1.54) is 35.0 Å². The van der Waals surface area contributed by atoms with Crippen molar-refractivity contribution in [3.63, 3.8) is 0 Å². The highest BCUT2D eigenvalue weighted by Crippen LogP contribution is 2.44. The molecule has 2 aliphatic carbocycles. The van der Waals surface area contributed by atoms with Crippen LogP contribution in [0.2, 0.25) is 5.02 Å². The van der Waals surface area contributed by atoms with Crippen LogP contribution in [0.3, 0.4) is 0 Å². The first-order chi connectivity index (χ1) is 39.9. The SMILES string of the molecule is CC1(C)CCC(CN2CCN(c3ccc(C(=O)NS(=O)(=O)c4ccc(NCC5CCC(NCCCc6cccc7c6CN(C6CCC(=O)NC6=O)C7=O)CC5)c([N+](=O)[O-])c4)c(Oc4cnc5[nH]ccc5c4)c3)CC2)=C(c2ccc(Cl)cc2)C1. The van der Waals surface area contributed by atoms with Gasteiger partial charge in [-0.25, -0.2) is 18.1 Å². The topological polar surface area (TPSA) is 241 Å². The van der Waals surface area contributed by atoms with Crippen LogP contribution in [0.4, 0.5) is 17.1 Å². The number of imide groups is 1. The van der Waals surface area contributed by atoms with Gasteiger partial charge in [-0.1, -0.05) is 55.3 Å². The molecule has 0 spiro atoms. The van der Waals surface area contributed by atoms with Gasteiger partial charge in [-0.05, 0) is 159 Å². The van der Waals surface area contributed by atoms with Crippen LogP contribution in [0.25, 0.3) is 16.6 Å². The average molecular weight is 1170 g/mol. The minimum absolute atomic E-state index is 0.0554. The van der Waals surface area contributed by atoms with E-state index in [0.29, 0.717) is 55.6 Å². The van der Waals surface area contributed by atoms with Gasteiger partial charge in [-0.2, -0.15) is 0 Å². The first kappa shape index (κ1) is 57.2. The predicted octanol–water partition coefficient (Wildman–Crippen LogP) is 9.78. The maximum Gasteiger partial charge on any atom is 0.293 e. The van der Waals surface area contributed by atoms with Gasteiger partial charge >= 0.3 is 0 Å². The third kappa shape index (κ3) is 13.1. The number of sulfonamides is 1. The standard InChI is InChI=1S/C62H69ClN10O9S/c1-62(2)24-22-43(51(34-62)41-10-12-44(63)13-11-41)37-70-27-29-71(30-28-70)46-16-18-50(56(32-46)82-47-31-42-23-26-65-58(42)67-36-47)59(75)69-83(80,81)48-17-19-53(55(33-48)73(78)79)66-35-39-8-14-45(15-9-39)64-25-4-6-40-5-3-7-49-52(40)38-72(61(49)77)54-20-21-57(74)68-60(54)76/h3,5,7,10-13,16-19,23,26,31-33,36,39,45,54,64,66H,4,6,8-9,14-15,20-22,24-25,27-30,34-35,37-38H2,1-2H3,(H,65,67)(H,69,75)(H,68,74,76). The Kier molecular flexibility index (Phi) is 16.7. The largest absolute Gasteiger partial charge is 0.455 e. The molecule has 3 fully saturated rings. The van der Waals surface area contributed by atoms with Crippen molar-refractivity contribution < 1.29 is 37.3 Å². The van der Waals surface area contributed by atoms with Crippen molar-refractivity contribution in [2.24, 2.45) is 11.3 Å². The van der Waals surface area contributed by atoms with Gasteiger partial charge in [0.05, 0.1) is 21.6 Å². The predicted molar refractivity (Wildman–Crippen MR) is 318 cm³/mol. The number of aromatic amines is 1. The van der Waals surface area contributed by atoms with Crippen LogP contribution in [-0.2, 0) is 32.6 Å². The average Bonchev–Trinajstić information content (AvgIpc) is 4.23. The molecule has 434 valence electrons. The number of amides is 4. The van der Waals surface area contributed by atoms with E-state index in [0.717, 1.165) is 117 Å². The van der Waals surface area contributed by atoms with Crippen LogP contribution in [0.1, 0.15) is 115 Å². The number of carbonyl (C=O) groups is 4. The summed E-state index contributed by atoms with van der Waals surface area (Å²) in [7, 11) is -4.63. The fourth-order valence-corrected chi connectivity index (χ4v) is 13.6. The smallest absolute Gasteiger partial charge is 0.293 e. The number of rotatable bonds is 19. The van der Waals surface area contributed by atoms with Crippen molar-refractivity contribution in [1.82, 2.24) is 35.1 Å². The van der Waals surface area contributed by atoms with E-state index in [9.17, 15) is 37.7 Å². The minimum Gasteiger partial charge on any atom is -0.455 e. The Bertz CT molecular complexity index is 3630. The molecule has 0 bridgehead atoms. The lowest BCUT2D eigenvalue weighted by Crippen LogP contribution is -2.52. The number of aromatic nitrogens is 2. The molecule has 1 atom stereocenters. The van der Waals surface area contributed by atoms with Crippen LogP contribution < -0.4 is 30.3 Å². The summed E-state index contributed by atoms with van der Waals surface area (Å²) in [6.45, 7) is 10.1. The van der Waals surface area contributed by atoms with Gasteiger partial charge in [-0.15, -0.1) is 0 Å². The van der Waals surface area contributed by atoms with Crippen LogP contribution in [0.5, 0.6) is 11.5 Å². The Hall–Kier alpha value is -7.65. The number of piperazine rings is 1. The van der Waals surface area contributed by atoms with E-state index < -0.39 is 43.4 Å². The molecule has 1 saturated carbocycles. The minimum atomic E-state index is -4.63. The van der Waals surface area contributed by atoms with Crippen molar-refractivity contribution in [2.75, 3.05) is 56.0 Å². The second kappa shape index (κ2) is 24.3. The number of nitrogens with zero attached hydrogens (tertiary/aromatic N) is 5. The molecule has 1 unspecified atom stereocenters. The number of halogens is 1. The molecule has 19 nitrogen and oxygen atoms in total.